The van der Waals surface area contributed by atoms with Gasteiger partial charge in [0.15, 0.2) is 5.82 Å². The van der Waals surface area contributed by atoms with Crippen molar-refractivity contribution in [3.8, 4) is 11.4 Å². The van der Waals surface area contributed by atoms with Gasteiger partial charge in [-0.1, -0.05) is 46.3 Å². The Hall–Kier alpha value is -3.85. The summed E-state index contributed by atoms with van der Waals surface area (Å²) >= 11 is 3.52. The highest BCUT2D eigenvalue weighted by molar-refractivity contribution is 9.10. The lowest BCUT2D eigenvalue weighted by Crippen LogP contribution is -2.49. The summed E-state index contributed by atoms with van der Waals surface area (Å²) in [5, 5.41) is 12.0. The Labute approximate surface area is 204 Å². The minimum Gasteiger partial charge on any atom is -0.352 e. The number of nitro groups is 1. The summed E-state index contributed by atoms with van der Waals surface area (Å²) in [7, 11) is 0. The van der Waals surface area contributed by atoms with Crippen LogP contribution in [-0.4, -0.2) is 51.9 Å². The molecular formula is C25H20BrN5O3. The summed E-state index contributed by atoms with van der Waals surface area (Å²) in [4.78, 5) is 37.1. The number of hydrogen-bond donors (Lipinski definition) is 0. The number of hydrogen-bond acceptors (Lipinski definition) is 6. The maximum Gasteiger partial charge on any atom is 0.270 e. The van der Waals surface area contributed by atoms with Crippen molar-refractivity contribution in [1.29, 1.82) is 0 Å². The second-order valence-corrected chi connectivity index (χ2v) is 8.90. The van der Waals surface area contributed by atoms with Gasteiger partial charge in [0, 0.05) is 59.3 Å². The van der Waals surface area contributed by atoms with Crippen LogP contribution in [0.1, 0.15) is 10.4 Å². The van der Waals surface area contributed by atoms with E-state index in [0.29, 0.717) is 37.6 Å². The van der Waals surface area contributed by atoms with Gasteiger partial charge in [0.25, 0.3) is 11.6 Å². The standard InChI is InChI=1S/C25H20BrN5O3/c26-19-7-3-5-17(15-19)23-27-22-10-2-1-9-21(22)24(28-23)29-11-13-30(14-12-29)25(32)18-6-4-8-20(16-18)31(33)34/h1-10,15-16H,11-14H2. The first-order valence-corrected chi connectivity index (χ1v) is 11.6. The molecule has 34 heavy (non-hydrogen) atoms. The van der Waals surface area contributed by atoms with Crippen LogP contribution in [0.5, 0.6) is 0 Å². The normalized spacial score (nSPS) is 13.8. The Balaban J connectivity index is 1.41. The molecule has 0 bridgehead atoms. The minimum absolute atomic E-state index is 0.0861. The molecular weight excluding hydrogens is 498 g/mol. The largest absolute Gasteiger partial charge is 0.352 e. The van der Waals surface area contributed by atoms with E-state index in [-0.39, 0.29) is 11.6 Å². The maximum absolute atomic E-state index is 13.0. The molecule has 4 aromatic rings. The highest BCUT2D eigenvalue weighted by atomic mass is 79.9. The average molecular weight is 518 g/mol. The Morgan fingerprint density at radius 2 is 1.68 bits per heavy atom. The SMILES string of the molecule is O=C(c1cccc([N+](=O)[O-])c1)N1CCN(c2nc(-c3cccc(Br)c3)nc3ccccc23)CC1. The molecule has 0 unspecified atom stereocenters. The lowest BCUT2D eigenvalue weighted by atomic mass is 10.1. The molecule has 8 nitrogen and oxygen atoms in total. The molecule has 2 heterocycles. The Morgan fingerprint density at radius 3 is 2.44 bits per heavy atom. The highest BCUT2D eigenvalue weighted by Gasteiger charge is 2.25. The van der Waals surface area contributed by atoms with E-state index in [1.807, 2.05) is 48.5 Å². The Morgan fingerprint density at radius 1 is 0.912 bits per heavy atom. The molecule has 3 aromatic carbocycles. The number of carbonyl (C=O) groups excluding carboxylic acids is 1. The van der Waals surface area contributed by atoms with Gasteiger partial charge in [0.1, 0.15) is 5.82 Å². The molecule has 0 N–H and O–H groups in total. The van der Waals surface area contributed by atoms with E-state index >= 15 is 0 Å². The summed E-state index contributed by atoms with van der Waals surface area (Å²) in [6, 6.07) is 21.7. The third-order valence-electron chi connectivity index (χ3n) is 5.84. The number of carbonyl (C=O) groups is 1. The number of benzene rings is 3. The van der Waals surface area contributed by atoms with E-state index in [9.17, 15) is 14.9 Å². The monoisotopic (exact) mass is 517 g/mol. The van der Waals surface area contributed by atoms with Gasteiger partial charge >= 0.3 is 0 Å². The zero-order chi connectivity index (χ0) is 23.7. The summed E-state index contributed by atoms with van der Waals surface area (Å²) in [6.45, 7) is 2.18. The second kappa shape index (κ2) is 9.18. The van der Waals surface area contributed by atoms with Crippen molar-refractivity contribution in [3.05, 3.63) is 92.9 Å². The third-order valence-corrected chi connectivity index (χ3v) is 6.33. The van der Waals surface area contributed by atoms with Crippen LogP contribution in [0.15, 0.2) is 77.3 Å². The summed E-state index contributed by atoms with van der Waals surface area (Å²) in [5.74, 6) is 1.28. The van der Waals surface area contributed by atoms with Gasteiger partial charge in [-0.2, -0.15) is 0 Å². The molecule has 1 aromatic heterocycles. The van der Waals surface area contributed by atoms with E-state index in [4.69, 9.17) is 9.97 Å². The summed E-state index contributed by atoms with van der Waals surface area (Å²) in [6.07, 6.45) is 0. The average Bonchev–Trinajstić information content (AvgIpc) is 2.88. The van der Waals surface area contributed by atoms with Crippen LogP contribution in [0.2, 0.25) is 0 Å². The van der Waals surface area contributed by atoms with E-state index < -0.39 is 4.92 Å². The lowest BCUT2D eigenvalue weighted by Gasteiger charge is -2.36. The minimum atomic E-state index is -0.488. The molecule has 0 atom stereocenters. The van der Waals surface area contributed by atoms with Crippen LogP contribution in [-0.2, 0) is 0 Å². The van der Waals surface area contributed by atoms with Crippen LogP contribution in [0.25, 0.3) is 22.3 Å². The van der Waals surface area contributed by atoms with Gasteiger partial charge < -0.3 is 9.80 Å². The van der Waals surface area contributed by atoms with Gasteiger partial charge in [-0.05, 0) is 30.3 Å². The van der Waals surface area contributed by atoms with Crippen molar-refractivity contribution in [2.45, 2.75) is 0 Å². The van der Waals surface area contributed by atoms with Crippen LogP contribution < -0.4 is 4.90 Å². The molecule has 5 rings (SSSR count). The van der Waals surface area contributed by atoms with Crippen molar-refractivity contribution >= 4 is 44.2 Å². The number of aromatic nitrogens is 2. The van der Waals surface area contributed by atoms with Crippen molar-refractivity contribution in [3.63, 3.8) is 0 Å². The van der Waals surface area contributed by atoms with Crippen molar-refractivity contribution < 1.29 is 9.72 Å². The Kier molecular flexibility index (Phi) is 5.93. The summed E-state index contributed by atoms with van der Waals surface area (Å²) in [5.41, 5.74) is 2.02. The first kappa shape index (κ1) is 22.0. The number of nitro benzene ring substituents is 1. The zero-order valence-electron chi connectivity index (χ0n) is 18.1. The number of piperazine rings is 1. The second-order valence-electron chi connectivity index (χ2n) is 7.99. The highest BCUT2D eigenvalue weighted by Crippen LogP contribution is 2.29. The number of amides is 1. The quantitative estimate of drug-likeness (QED) is 0.281. The molecule has 9 heteroatoms. The first-order valence-electron chi connectivity index (χ1n) is 10.8. The number of para-hydroxylation sites is 1. The van der Waals surface area contributed by atoms with Crippen LogP contribution in [0.4, 0.5) is 11.5 Å². The smallest absolute Gasteiger partial charge is 0.270 e. The fraction of sp³-hybridized carbons (Fsp3) is 0.160. The molecule has 1 saturated heterocycles. The van der Waals surface area contributed by atoms with E-state index in [0.717, 1.165) is 26.8 Å². The van der Waals surface area contributed by atoms with Crippen LogP contribution >= 0.6 is 15.9 Å². The van der Waals surface area contributed by atoms with Gasteiger partial charge in [0.2, 0.25) is 0 Å². The Bertz CT molecular complexity index is 1400. The van der Waals surface area contributed by atoms with Gasteiger partial charge in [-0.3, -0.25) is 14.9 Å². The lowest BCUT2D eigenvalue weighted by molar-refractivity contribution is -0.384. The summed E-state index contributed by atoms with van der Waals surface area (Å²) < 4.78 is 0.955. The number of nitrogens with zero attached hydrogens (tertiary/aromatic N) is 5. The molecule has 0 radical (unpaired) electrons. The molecule has 170 valence electrons. The van der Waals surface area contributed by atoms with E-state index in [1.165, 1.54) is 18.2 Å². The van der Waals surface area contributed by atoms with Crippen molar-refractivity contribution in [1.82, 2.24) is 14.9 Å². The molecule has 0 saturated carbocycles. The van der Waals surface area contributed by atoms with Crippen molar-refractivity contribution in [2.75, 3.05) is 31.1 Å². The number of fused-ring (bicyclic) bond motifs is 1. The molecule has 1 amide bonds. The first-order chi connectivity index (χ1) is 16.5. The molecule has 1 aliphatic heterocycles. The number of non-ortho nitro benzene ring substituents is 1. The van der Waals surface area contributed by atoms with E-state index in [1.54, 1.807) is 11.0 Å². The fourth-order valence-electron chi connectivity index (χ4n) is 4.11. The predicted molar refractivity (Wildman–Crippen MR) is 134 cm³/mol. The van der Waals surface area contributed by atoms with Gasteiger partial charge in [-0.15, -0.1) is 0 Å². The molecule has 0 aliphatic carbocycles. The topological polar surface area (TPSA) is 92.5 Å². The third kappa shape index (κ3) is 4.34. The number of halogens is 1. The molecule has 1 fully saturated rings. The number of rotatable bonds is 4. The predicted octanol–water partition coefficient (Wildman–Crippen LogP) is 4.93. The zero-order valence-corrected chi connectivity index (χ0v) is 19.7. The van der Waals surface area contributed by atoms with Crippen molar-refractivity contribution in [2.24, 2.45) is 0 Å². The fourth-order valence-corrected chi connectivity index (χ4v) is 4.51. The number of anilines is 1. The van der Waals surface area contributed by atoms with Crippen LogP contribution in [0, 0.1) is 10.1 Å². The maximum atomic E-state index is 13.0. The van der Waals surface area contributed by atoms with E-state index in [2.05, 4.69) is 20.8 Å². The van der Waals surface area contributed by atoms with Gasteiger partial charge in [-0.25, -0.2) is 9.97 Å². The molecule has 1 aliphatic rings. The van der Waals surface area contributed by atoms with Gasteiger partial charge in [0.05, 0.1) is 10.4 Å². The molecule has 0 spiro atoms. The van der Waals surface area contributed by atoms with Crippen LogP contribution in [0.3, 0.4) is 0 Å².